The summed E-state index contributed by atoms with van der Waals surface area (Å²) in [5.74, 6) is -1.08. The van der Waals surface area contributed by atoms with E-state index in [9.17, 15) is 18.3 Å². The molecule has 1 fully saturated rings. The molecular weight excluding hydrogens is 245 g/mol. The second kappa shape index (κ2) is 3.78. The Kier molecular flexibility index (Phi) is 2.83. The summed E-state index contributed by atoms with van der Waals surface area (Å²) in [6, 6.07) is 0. The number of halogens is 3. The van der Waals surface area contributed by atoms with E-state index >= 15 is 0 Å². The molecule has 0 unspecified atom stereocenters. The van der Waals surface area contributed by atoms with Crippen LogP contribution in [0, 0.1) is 5.92 Å². The number of ether oxygens (including phenoxy) is 1. The maximum Gasteiger partial charge on any atom is 0.436 e. The zero-order valence-electron chi connectivity index (χ0n) is 8.41. The van der Waals surface area contributed by atoms with Gasteiger partial charge in [-0.25, -0.2) is 4.99 Å². The van der Waals surface area contributed by atoms with Crippen LogP contribution in [0.15, 0.2) is 4.99 Å². The Hall–Kier alpha value is -0.470. The Morgan fingerprint density at radius 3 is 2.88 bits per heavy atom. The lowest BCUT2D eigenvalue weighted by Crippen LogP contribution is -2.66. The average molecular weight is 256 g/mol. The minimum absolute atomic E-state index is 0.0444. The topological polar surface area (TPSA) is 53.9 Å². The SMILES string of the molecule is CSC1=N[C@@H]2OCC[C@@H]2[C@@](O)(C(F)(F)F)N1. The first-order valence-electron chi connectivity index (χ1n) is 4.69. The number of alkyl halides is 3. The molecule has 0 amide bonds. The third-order valence-electron chi connectivity index (χ3n) is 2.77. The van der Waals surface area contributed by atoms with Gasteiger partial charge in [-0.05, 0) is 12.7 Å². The molecule has 4 nitrogen and oxygen atoms in total. The molecule has 2 aliphatic heterocycles. The highest BCUT2D eigenvalue weighted by molar-refractivity contribution is 8.13. The number of nitrogens with one attached hydrogen (secondary N) is 1. The van der Waals surface area contributed by atoms with Gasteiger partial charge in [0.05, 0.1) is 5.92 Å². The fourth-order valence-corrected chi connectivity index (χ4v) is 2.37. The molecule has 2 heterocycles. The Balaban J connectivity index is 2.36. The van der Waals surface area contributed by atoms with Gasteiger partial charge >= 0.3 is 6.18 Å². The van der Waals surface area contributed by atoms with Gasteiger partial charge in [0.25, 0.3) is 0 Å². The number of nitrogens with zero attached hydrogens (tertiary/aromatic N) is 1. The molecule has 0 spiro atoms. The maximum atomic E-state index is 12.8. The van der Waals surface area contributed by atoms with Crippen LogP contribution in [0.25, 0.3) is 0 Å². The average Bonchev–Trinajstić information content (AvgIpc) is 2.64. The van der Waals surface area contributed by atoms with Crippen LogP contribution in [0.3, 0.4) is 0 Å². The number of aliphatic hydroxyl groups is 1. The summed E-state index contributed by atoms with van der Waals surface area (Å²) >= 11 is 1.01. The molecule has 1 saturated heterocycles. The number of aliphatic imine (C=N–C) groups is 1. The summed E-state index contributed by atoms with van der Waals surface area (Å²) < 4.78 is 43.6. The third-order valence-corrected chi connectivity index (χ3v) is 3.36. The zero-order chi connectivity index (χ0) is 12.0. The van der Waals surface area contributed by atoms with Gasteiger partial charge in [-0.3, -0.25) is 0 Å². The van der Waals surface area contributed by atoms with Crippen LogP contribution in [-0.4, -0.2) is 41.3 Å². The number of thioether (sulfide) groups is 1. The van der Waals surface area contributed by atoms with Crippen LogP contribution in [-0.2, 0) is 4.74 Å². The summed E-state index contributed by atoms with van der Waals surface area (Å²) in [7, 11) is 0. The first kappa shape index (κ1) is 12.0. The number of hydrogen-bond acceptors (Lipinski definition) is 5. The molecule has 0 aromatic carbocycles. The standard InChI is InChI=1S/C8H11F3N2O2S/c1-16-6-12-5-4(2-3-15-5)7(14,13-6)8(9,10)11/h4-5,14H,2-3H2,1H3,(H,12,13)/t4-,5+,7+/m0/s1. The fraction of sp³-hybridized carbons (Fsp3) is 0.875. The van der Waals surface area contributed by atoms with Gasteiger partial charge in [-0.2, -0.15) is 13.2 Å². The molecule has 0 aromatic heterocycles. The Labute approximate surface area is 94.3 Å². The van der Waals surface area contributed by atoms with Crippen LogP contribution >= 0.6 is 11.8 Å². The Bertz CT molecular complexity index is 323. The number of hydrogen-bond donors (Lipinski definition) is 2. The van der Waals surface area contributed by atoms with E-state index in [0.717, 1.165) is 11.8 Å². The molecular formula is C8H11F3N2O2S. The van der Waals surface area contributed by atoms with Gasteiger partial charge in [0, 0.05) is 6.61 Å². The first-order chi connectivity index (χ1) is 7.38. The van der Waals surface area contributed by atoms with E-state index in [2.05, 4.69) is 10.3 Å². The van der Waals surface area contributed by atoms with Gasteiger partial charge in [0.1, 0.15) is 0 Å². The number of fused-ring (bicyclic) bond motifs is 1. The quantitative estimate of drug-likeness (QED) is 0.677. The van der Waals surface area contributed by atoms with Crippen molar-refractivity contribution in [2.45, 2.75) is 24.6 Å². The van der Waals surface area contributed by atoms with Crippen LogP contribution in [0.2, 0.25) is 0 Å². The smallest absolute Gasteiger partial charge is 0.363 e. The largest absolute Gasteiger partial charge is 0.436 e. The first-order valence-corrected chi connectivity index (χ1v) is 5.91. The highest BCUT2D eigenvalue weighted by Crippen LogP contribution is 2.43. The van der Waals surface area contributed by atoms with Crippen molar-refractivity contribution in [3.8, 4) is 0 Å². The molecule has 0 aliphatic carbocycles. The fourth-order valence-electron chi connectivity index (χ4n) is 1.91. The molecule has 0 saturated carbocycles. The summed E-state index contributed by atoms with van der Waals surface area (Å²) in [5, 5.41) is 11.9. The van der Waals surface area contributed by atoms with Crippen LogP contribution in [0.1, 0.15) is 6.42 Å². The van der Waals surface area contributed by atoms with E-state index in [1.165, 1.54) is 0 Å². The summed E-state index contributed by atoms with van der Waals surface area (Å²) in [6.07, 6.45) is -3.94. The van der Waals surface area contributed by atoms with E-state index in [0.29, 0.717) is 0 Å². The lowest BCUT2D eigenvalue weighted by Gasteiger charge is -2.40. The van der Waals surface area contributed by atoms with E-state index in [1.54, 1.807) is 6.26 Å². The van der Waals surface area contributed by atoms with Crippen molar-refractivity contribution in [2.75, 3.05) is 12.9 Å². The Morgan fingerprint density at radius 2 is 2.31 bits per heavy atom. The van der Waals surface area contributed by atoms with Gasteiger partial charge in [-0.15, -0.1) is 0 Å². The van der Waals surface area contributed by atoms with E-state index in [-0.39, 0.29) is 18.2 Å². The molecule has 16 heavy (non-hydrogen) atoms. The monoisotopic (exact) mass is 256 g/mol. The van der Waals surface area contributed by atoms with Crippen molar-refractivity contribution >= 4 is 16.9 Å². The number of amidine groups is 1. The third kappa shape index (κ3) is 1.68. The summed E-state index contributed by atoms with van der Waals surface area (Å²) in [6.45, 7) is 0.181. The molecule has 0 bridgehead atoms. The minimum atomic E-state index is -4.75. The van der Waals surface area contributed by atoms with Crippen LogP contribution < -0.4 is 5.32 Å². The molecule has 2 aliphatic rings. The lowest BCUT2D eigenvalue weighted by molar-refractivity contribution is -0.292. The highest BCUT2D eigenvalue weighted by Gasteiger charge is 2.64. The van der Waals surface area contributed by atoms with Crippen molar-refractivity contribution in [2.24, 2.45) is 10.9 Å². The van der Waals surface area contributed by atoms with Gasteiger partial charge in [-0.1, -0.05) is 11.8 Å². The van der Waals surface area contributed by atoms with Crippen molar-refractivity contribution in [3.05, 3.63) is 0 Å². The zero-order valence-corrected chi connectivity index (χ0v) is 9.23. The van der Waals surface area contributed by atoms with Crippen LogP contribution in [0.4, 0.5) is 13.2 Å². The van der Waals surface area contributed by atoms with Crippen molar-refractivity contribution in [1.82, 2.24) is 5.32 Å². The molecule has 92 valence electrons. The van der Waals surface area contributed by atoms with E-state index in [1.807, 2.05) is 0 Å². The predicted molar refractivity (Wildman–Crippen MR) is 52.9 cm³/mol. The molecule has 0 radical (unpaired) electrons. The molecule has 0 aromatic rings. The normalized spacial score (nSPS) is 38.9. The van der Waals surface area contributed by atoms with Crippen molar-refractivity contribution in [1.29, 1.82) is 0 Å². The Morgan fingerprint density at radius 1 is 1.62 bits per heavy atom. The van der Waals surface area contributed by atoms with E-state index in [4.69, 9.17) is 4.74 Å². The summed E-state index contributed by atoms with van der Waals surface area (Å²) in [5.41, 5.74) is -2.94. The minimum Gasteiger partial charge on any atom is -0.363 e. The maximum absolute atomic E-state index is 12.8. The molecule has 8 heteroatoms. The molecule has 3 atom stereocenters. The van der Waals surface area contributed by atoms with Gasteiger partial charge in [0.2, 0.25) is 5.72 Å². The second-order valence-corrected chi connectivity index (χ2v) is 4.48. The molecule has 2 N–H and O–H groups in total. The van der Waals surface area contributed by atoms with E-state index < -0.39 is 24.0 Å². The van der Waals surface area contributed by atoms with Crippen molar-refractivity contribution < 1.29 is 23.0 Å². The highest BCUT2D eigenvalue weighted by atomic mass is 32.2. The summed E-state index contributed by atoms with van der Waals surface area (Å²) in [4.78, 5) is 3.96. The second-order valence-electron chi connectivity index (χ2n) is 3.68. The number of rotatable bonds is 0. The van der Waals surface area contributed by atoms with Gasteiger partial charge in [0.15, 0.2) is 11.4 Å². The predicted octanol–water partition coefficient (Wildman–Crippen LogP) is 0.922. The van der Waals surface area contributed by atoms with Crippen molar-refractivity contribution in [3.63, 3.8) is 0 Å². The van der Waals surface area contributed by atoms with Crippen LogP contribution in [0.5, 0.6) is 0 Å². The lowest BCUT2D eigenvalue weighted by atomic mass is 9.91. The molecule has 2 rings (SSSR count). The van der Waals surface area contributed by atoms with Gasteiger partial charge < -0.3 is 15.2 Å².